The van der Waals surface area contributed by atoms with E-state index >= 15 is 0 Å². The van der Waals surface area contributed by atoms with E-state index in [4.69, 9.17) is 5.11 Å². The summed E-state index contributed by atoms with van der Waals surface area (Å²) >= 11 is 0. The summed E-state index contributed by atoms with van der Waals surface area (Å²) in [4.78, 5) is 10.8. The molecule has 7 nitrogen and oxygen atoms in total. The van der Waals surface area contributed by atoms with Gasteiger partial charge in [0.1, 0.15) is 12.0 Å². The van der Waals surface area contributed by atoms with Gasteiger partial charge in [-0.2, -0.15) is 0 Å². The summed E-state index contributed by atoms with van der Waals surface area (Å²) in [6.07, 6.45) is 2.34. The number of hydrogen-bond acceptors (Lipinski definition) is 5. The van der Waals surface area contributed by atoms with Crippen molar-refractivity contribution >= 4 is 21.7 Å². The maximum Gasteiger partial charge on any atom is 0.335 e. The summed E-state index contributed by atoms with van der Waals surface area (Å²) < 4.78 is 31.0. The van der Waals surface area contributed by atoms with E-state index in [0.717, 1.165) is 12.3 Å². The van der Waals surface area contributed by atoms with Crippen LogP contribution in [0, 0.1) is 6.92 Å². The van der Waals surface area contributed by atoms with E-state index in [1.807, 2.05) is 0 Å². The number of aromatic carboxylic acids is 1. The number of anilines is 1. The Morgan fingerprint density at radius 2 is 2.16 bits per heavy atom. The minimum atomic E-state index is -3.88. The lowest BCUT2D eigenvalue weighted by atomic mass is 10.1. The van der Waals surface area contributed by atoms with Crippen LogP contribution in [0.5, 0.6) is 0 Å². The van der Waals surface area contributed by atoms with Gasteiger partial charge in [-0.3, -0.25) is 4.72 Å². The van der Waals surface area contributed by atoms with Crippen LogP contribution in [0.25, 0.3) is 0 Å². The molecule has 1 aromatic heterocycles. The Hall–Kier alpha value is -2.35. The zero-order valence-corrected chi connectivity index (χ0v) is 10.6. The number of carbonyl (C=O) groups is 1. The molecule has 2 aromatic rings. The van der Waals surface area contributed by atoms with Crippen LogP contribution in [0.4, 0.5) is 5.69 Å². The highest BCUT2D eigenvalue weighted by Gasteiger charge is 2.19. The normalized spacial score (nSPS) is 11.2. The summed E-state index contributed by atoms with van der Waals surface area (Å²) in [5.41, 5.74) is 0.505. The van der Waals surface area contributed by atoms with Crippen LogP contribution in [0.15, 0.2) is 40.1 Å². The molecule has 2 rings (SSSR count). The molecule has 0 aliphatic heterocycles. The summed E-state index contributed by atoms with van der Waals surface area (Å²) in [6.45, 7) is 1.58. The Morgan fingerprint density at radius 3 is 2.74 bits per heavy atom. The predicted molar refractivity (Wildman–Crippen MR) is 65.4 cm³/mol. The lowest BCUT2D eigenvalue weighted by Crippen LogP contribution is -2.14. The number of nitrogens with zero attached hydrogens (tertiary/aromatic N) is 1. The molecule has 1 aromatic carbocycles. The molecule has 0 aliphatic rings. The van der Waals surface area contributed by atoms with Gasteiger partial charge in [0.15, 0.2) is 0 Å². The number of benzene rings is 1. The molecule has 0 atom stereocenters. The molecule has 0 amide bonds. The van der Waals surface area contributed by atoms with E-state index < -0.39 is 16.0 Å². The van der Waals surface area contributed by atoms with Crippen molar-refractivity contribution in [3.05, 3.63) is 41.8 Å². The third-order valence-electron chi connectivity index (χ3n) is 2.41. The maximum absolute atomic E-state index is 12.1. The first-order chi connectivity index (χ1) is 8.90. The molecule has 0 saturated heterocycles. The Labute approximate surface area is 108 Å². The zero-order chi connectivity index (χ0) is 14.0. The smallest absolute Gasteiger partial charge is 0.335 e. The van der Waals surface area contributed by atoms with Crippen molar-refractivity contribution in [2.24, 2.45) is 0 Å². The maximum atomic E-state index is 12.1. The second-order valence-corrected chi connectivity index (χ2v) is 5.45. The molecule has 0 saturated carbocycles. The largest absolute Gasteiger partial charge is 0.478 e. The van der Waals surface area contributed by atoms with Gasteiger partial charge < -0.3 is 9.63 Å². The van der Waals surface area contributed by atoms with Gasteiger partial charge in [0.2, 0.25) is 0 Å². The number of aryl methyl sites for hydroxylation is 1. The predicted octanol–water partition coefficient (Wildman–Crippen LogP) is 1.48. The molecule has 8 heteroatoms. The molecule has 0 bridgehead atoms. The van der Waals surface area contributed by atoms with Crippen LogP contribution in [-0.2, 0) is 10.0 Å². The Kier molecular flexibility index (Phi) is 3.26. The molecule has 100 valence electrons. The van der Waals surface area contributed by atoms with Gasteiger partial charge in [-0.1, -0.05) is 11.2 Å². The van der Waals surface area contributed by atoms with E-state index in [1.165, 1.54) is 18.3 Å². The average molecular weight is 282 g/mol. The van der Waals surface area contributed by atoms with Crippen LogP contribution in [0.3, 0.4) is 0 Å². The first-order valence-corrected chi connectivity index (χ1v) is 6.64. The van der Waals surface area contributed by atoms with Gasteiger partial charge >= 0.3 is 5.97 Å². The van der Waals surface area contributed by atoms with Crippen LogP contribution >= 0.6 is 0 Å². The number of carboxylic acids is 1. The van der Waals surface area contributed by atoms with Gasteiger partial charge in [0.05, 0.1) is 16.7 Å². The van der Waals surface area contributed by atoms with Crippen molar-refractivity contribution < 1.29 is 22.8 Å². The highest BCUT2D eigenvalue weighted by atomic mass is 32.2. The lowest BCUT2D eigenvalue weighted by molar-refractivity contribution is 0.0696. The highest BCUT2D eigenvalue weighted by molar-refractivity contribution is 7.92. The van der Waals surface area contributed by atoms with Gasteiger partial charge in [0, 0.05) is 0 Å². The van der Waals surface area contributed by atoms with Crippen molar-refractivity contribution in [3.63, 3.8) is 0 Å². The van der Waals surface area contributed by atoms with E-state index in [2.05, 4.69) is 14.4 Å². The van der Waals surface area contributed by atoms with Crippen molar-refractivity contribution in [2.75, 3.05) is 4.72 Å². The number of sulfonamides is 1. The van der Waals surface area contributed by atoms with Gasteiger partial charge in [0.25, 0.3) is 10.0 Å². The molecule has 0 spiro atoms. The molecular weight excluding hydrogens is 272 g/mol. The Balaban J connectivity index is 2.45. The second kappa shape index (κ2) is 4.73. The Morgan fingerprint density at radius 1 is 1.42 bits per heavy atom. The number of carboxylic acid groups (broad SMARTS) is 1. The van der Waals surface area contributed by atoms with Gasteiger partial charge in [-0.25, -0.2) is 13.2 Å². The molecule has 2 N–H and O–H groups in total. The summed E-state index contributed by atoms with van der Waals surface area (Å²) in [7, 11) is -3.88. The van der Waals surface area contributed by atoms with Crippen LogP contribution < -0.4 is 4.72 Å². The quantitative estimate of drug-likeness (QED) is 0.879. The summed E-state index contributed by atoms with van der Waals surface area (Å²) in [5, 5.41) is 12.3. The first kappa shape index (κ1) is 13.1. The second-order valence-electron chi connectivity index (χ2n) is 3.80. The highest BCUT2D eigenvalue weighted by Crippen LogP contribution is 2.20. The summed E-state index contributed by atoms with van der Waals surface area (Å²) in [6, 6.07) is 3.88. The summed E-state index contributed by atoms with van der Waals surface area (Å²) in [5.74, 6) is -1.19. The van der Waals surface area contributed by atoms with Crippen molar-refractivity contribution in [1.82, 2.24) is 5.16 Å². The number of nitrogens with one attached hydrogen (secondary N) is 1. The van der Waals surface area contributed by atoms with Crippen molar-refractivity contribution in [1.29, 1.82) is 0 Å². The topological polar surface area (TPSA) is 110 Å². The average Bonchev–Trinajstić information content (AvgIpc) is 2.81. The number of hydrogen-bond donors (Lipinski definition) is 2. The third kappa shape index (κ3) is 2.74. The fourth-order valence-corrected chi connectivity index (χ4v) is 2.78. The van der Waals surface area contributed by atoms with Crippen LogP contribution in [0.1, 0.15) is 15.9 Å². The lowest BCUT2D eigenvalue weighted by Gasteiger charge is -2.09. The SMILES string of the molecule is Cc1ccc(C(=O)O)cc1S(=O)(=O)Nc1cnoc1. The zero-order valence-electron chi connectivity index (χ0n) is 9.82. The van der Waals surface area contributed by atoms with E-state index in [-0.39, 0.29) is 16.1 Å². The monoisotopic (exact) mass is 282 g/mol. The fourth-order valence-electron chi connectivity index (χ4n) is 1.49. The van der Waals surface area contributed by atoms with Gasteiger partial charge in [-0.05, 0) is 24.6 Å². The Bertz CT molecular complexity index is 707. The van der Waals surface area contributed by atoms with E-state index in [9.17, 15) is 13.2 Å². The number of aromatic nitrogens is 1. The van der Waals surface area contributed by atoms with E-state index in [1.54, 1.807) is 6.92 Å². The van der Waals surface area contributed by atoms with E-state index in [0.29, 0.717) is 5.56 Å². The first-order valence-electron chi connectivity index (χ1n) is 5.16. The number of rotatable bonds is 4. The molecule has 0 aliphatic carbocycles. The molecular formula is C11H10N2O5S. The molecule has 1 heterocycles. The molecule has 0 fully saturated rings. The van der Waals surface area contributed by atoms with Crippen molar-refractivity contribution in [3.8, 4) is 0 Å². The fraction of sp³-hybridized carbons (Fsp3) is 0.0909. The third-order valence-corrected chi connectivity index (χ3v) is 3.93. The molecule has 0 unspecified atom stereocenters. The standard InChI is InChI=1S/C11H10N2O5S/c1-7-2-3-8(11(14)15)4-10(7)19(16,17)13-9-5-12-18-6-9/h2-6,13H,1H3,(H,14,15). The minimum absolute atomic E-state index is 0.101. The van der Waals surface area contributed by atoms with Crippen molar-refractivity contribution in [2.45, 2.75) is 11.8 Å². The van der Waals surface area contributed by atoms with Crippen LogP contribution in [0.2, 0.25) is 0 Å². The van der Waals surface area contributed by atoms with Crippen LogP contribution in [-0.4, -0.2) is 24.7 Å². The van der Waals surface area contributed by atoms with Gasteiger partial charge in [-0.15, -0.1) is 0 Å². The minimum Gasteiger partial charge on any atom is -0.478 e. The molecule has 0 radical (unpaired) electrons. The molecule has 19 heavy (non-hydrogen) atoms.